The van der Waals surface area contributed by atoms with Gasteiger partial charge in [0.25, 0.3) is 0 Å². The van der Waals surface area contributed by atoms with Gasteiger partial charge in [-0.25, -0.2) is 0 Å². The summed E-state index contributed by atoms with van der Waals surface area (Å²) in [7, 11) is -1.92. The van der Waals surface area contributed by atoms with Gasteiger partial charge in [0.1, 0.15) is 0 Å². The van der Waals surface area contributed by atoms with E-state index in [-0.39, 0.29) is 56.1 Å². The number of allylic oxidation sites excluding steroid dienone is 2. The first-order valence-electron chi connectivity index (χ1n) is 10.2. The van der Waals surface area contributed by atoms with Gasteiger partial charge >= 0.3 is 26.2 Å². The molecule has 0 saturated carbocycles. The summed E-state index contributed by atoms with van der Waals surface area (Å²) in [5.41, 5.74) is 9.23. The largest absolute Gasteiger partial charge is 2.00 e. The molecular formula is C27H26Cl2SiZr. The van der Waals surface area contributed by atoms with E-state index in [9.17, 15) is 0 Å². The van der Waals surface area contributed by atoms with Crippen LogP contribution in [0.4, 0.5) is 0 Å². The Morgan fingerprint density at radius 3 is 1.94 bits per heavy atom. The summed E-state index contributed by atoms with van der Waals surface area (Å²) in [6, 6.07) is 27.1. The summed E-state index contributed by atoms with van der Waals surface area (Å²) >= 11 is 0. The van der Waals surface area contributed by atoms with Gasteiger partial charge in [0, 0.05) is 10.6 Å². The van der Waals surface area contributed by atoms with E-state index in [0.29, 0.717) is 5.54 Å². The molecule has 0 saturated heterocycles. The van der Waals surface area contributed by atoms with E-state index in [1.165, 1.54) is 33.4 Å². The summed E-state index contributed by atoms with van der Waals surface area (Å²) in [6.07, 6.45) is 7.99. The standard InChI is InChI=1S/C27H26Si.2ClH.Zr/c1-4-18-27(19-17-20-11-5-10-16-25(20)27)28(2,3)26-23-14-8-6-12-21(23)22-13-7-9-15-24(22)26;;;/h4-17,19,26H,1,18H2,2-3H3;2*1H;/q;;;+2/p-2. The summed E-state index contributed by atoms with van der Waals surface area (Å²) in [5, 5.41) is 0.0700. The molecule has 0 heterocycles. The van der Waals surface area contributed by atoms with Crippen molar-refractivity contribution in [1.29, 1.82) is 0 Å². The summed E-state index contributed by atoms with van der Waals surface area (Å²) in [5.74, 6) is 0. The van der Waals surface area contributed by atoms with Crippen molar-refractivity contribution in [3.63, 3.8) is 0 Å². The van der Waals surface area contributed by atoms with Gasteiger partial charge in [-0.05, 0) is 39.8 Å². The van der Waals surface area contributed by atoms with Gasteiger partial charge < -0.3 is 24.8 Å². The molecule has 2 aliphatic carbocycles. The zero-order chi connectivity index (χ0) is 19.4. The van der Waals surface area contributed by atoms with Crippen molar-refractivity contribution in [2.45, 2.75) is 30.1 Å². The van der Waals surface area contributed by atoms with E-state index in [4.69, 9.17) is 0 Å². The fraction of sp³-hybridized carbons (Fsp3) is 0.185. The molecule has 5 rings (SSSR count). The number of hydrogen-bond donors (Lipinski definition) is 0. The van der Waals surface area contributed by atoms with Crippen molar-refractivity contribution < 1.29 is 51.0 Å². The topological polar surface area (TPSA) is 0 Å². The first-order chi connectivity index (χ1) is 13.6. The third-order valence-corrected chi connectivity index (χ3v) is 12.2. The van der Waals surface area contributed by atoms with Crippen molar-refractivity contribution in [2.24, 2.45) is 0 Å². The molecule has 1 unspecified atom stereocenters. The van der Waals surface area contributed by atoms with Crippen molar-refractivity contribution in [2.75, 3.05) is 0 Å². The molecule has 3 aromatic carbocycles. The maximum absolute atomic E-state index is 4.16. The molecule has 31 heavy (non-hydrogen) atoms. The van der Waals surface area contributed by atoms with E-state index in [2.05, 4.69) is 111 Å². The van der Waals surface area contributed by atoms with Crippen molar-refractivity contribution in [3.8, 4) is 11.1 Å². The monoisotopic (exact) mass is 538 g/mol. The van der Waals surface area contributed by atoms with Gasteiger partial charge in [0.2, 0.25) is 0 Å². The smallest absolute Gasteiger partial charge is 1.00 e. The molecule has 3 aromatic rings. The molecule has 0 aromatic heterocycles. The quantitative estimate of drug-likeness (QED) is 0.344. The third kappa shape index (κ3) is 3.70. The summed E-state index contributed by atoms with van der Waals surface area (Å²) in [4.78, 5) is 0. The van der Waals surface area contributed by atoms with Gasteiger partial charge in [0.15, 0.2) is 0 Å². The summed E-state index contributed by atoms with van der Waals surface area (Å²) in [6.45, 7) is 9.34. The number of rotatable bonds is 4. The molecule has 2 aliphatic rings. The van der Waals surface area contributed by atoms with Crippen LogP contribution in [0, 0.1) is 0 Å². The Hall–Kier alpha value is -1.18. The second kappa shape index (κ2) is 9.75. The molecule has 0 nitrogen and oxygen atoms in total. The average Bonchev–Trinajstić information content (AvgIpc) is 3.26. The van der Waals surface area contributed by atoms with Crippen LogP contribution >= 0.6 is 0 Å². The Labute approximate surface area is 218 Å². The molecule has 0 spiro atoms. The number of fused-ring (bicyclic) bond motifs is 4. The van der Waals surface area contributed by atoms with Crippen molar-refractivity contribution >= 4 is 14.1 Å². The van der Waals surface area contributed by atoms with Crippen LogP contribution in [0.2, 0.25) is 13.1 Å². The summed E-state index contributed by atoms with van der Waals surface area (Å²) < 4.78 is 0. The Kier molecular flexibility index (Phi) is 8.20. The predicted octanol–water partition coefficient (Wildman–Crippen LogP) is 1.13. The molecule has 0 radical (unpaired) electrons. The predicted molar refractivity (Wildman–Crippen MR) is 123 cm³/mol. The minimum Gasteiger partial charge on any atom is -1.00 e. The molecule has 0 aliphatic heterocycles. The van der Waals surface area contributed by atoms with Gasteiger partial charge in [-0.3, -0.25) is 0 Å². The molecule has 1 atom stereocenters. The van der Waals surface area contributed by atoms with Crippen LogP contribution in [-0.2, 0) is 31.2 Å². The Bertz CT molecular complexity index is 1080. The molecule has 0 bridgehead atoms. The van der Waals surface area contributed by atoms with Gasteiger partial charge in [0.05, 0.1) is 8.07 Å². The molecule has 0 N–H and O–H groups in total. The zero-order valence-electron chi connectivity index (χ0n) is 17.9. The van der Waals surface area contributed by atoms with Gasteiger partial charge in [-0.15, -0.1) is 6.58 Å². The minimum atomic E-state index is -1.92. The van der Waals surface area contributed by atoms with Crippen molar-refractivity contribution in [3.05, 3.63) is 114 Å². The fourth-order valence-electron chi connectivity index (χ4n) is 5.79. The maximum atomic E-state index is 4.16. The van der Waals surface area contributed by atoms with E-state index >= 15 is 0 Å². The van der Waals surface area contributed by atoms with E-state index in [0.717, 1.165) is 6.42 Å². The third-order valence-electron chi connectivity index (χ3n) is 7.16. The minimum absolute atomic E-state index is 0. The molecular weight excluding hydrogens is 515 g/mol. The normalized spacial score (nSPS) is 18.0. The zero-order valence-corrected chi connectivity index (χ0v) is 22.9. The maximum Gasteiger partial charge on any atom is 2.00 e. The van der Waals surface area contributed by atoms with Gasteiger partial charge in [-0.2, -0.15) is 0 Å². The van der Waals surface area contributed by atoms with E-state index < -0.39 is 8.07 Å². The Morgan fingerprint density at radius 2 is 1.35 bits per heavy atom. The van der Waals surface area contributed by atoms with Crippen LogP contribution in [0.15, 0.2) is 91.5 Å². The second-order valence-electron chi connectivity index (χ2n) is 8.71. The van der Waals surface area contributed by atoms with Crippen LogP contribution in [-0.4, -0.2) is 8.07 Å². The number of halogens is 2. The van der Waals surface area contributed by atoms with Crippen LogP contribution in [0.5, 0.6) is 0 Å². The second-order valence-corrected chi connectivity index (χ2v) is 13.6. The van der Waals surface area contributed by atoms with Crippen LogP contribution in [0.3, 0.4) is 0 Å². The first kappa shape index (κ1) is 26.1. The van der Waals surface area contributed by atoms with Gasteiger partial charge in [-0.1, -0.05) is 104 Å². The molecule has 4 heteroatoms. The fourth-order valence-corrected chi connectivity index (χ4v) is 10.5. The van der Waals surface area contributed by atoms with Crippen LogP contribution in [0.1, 0.15) is 34.2 Å². The van der Waals surface area contributed by atoms with Crippen LogP contribution < -0.4 is 24.8 Å². The molecule has 0 fully saturated rings. The molecule has 0 amide bonds. The van der Waals surface area contributed by atoms with Crippen molar-refractivity contribution in [1.82, 2.24) is 0 Å². The van der Waals surface area contributed by atoms with Crippen LogP contribution in [0.25, 0.3) is 17.2 Å². The Balaban J connectivity index is 0.00000114. The number of hydrogen-bond acceptors (Lipinski definition) is 0. The number of benzene rings is 3. The Morgan fingerprint density at radius 1 is 0.839 bits per heavy atom. The van der Waals surface area contributed by atoms with E-state index in [1.54, 1.807) is 0 Å². The van der Waals surface area contributed by atoms with E-state index in [1.807, 2.05) is 0 Å². The first-order valence-corrected chi connectivity index (χ1v) is 13.3. The SMILES string of the molecule is C=CCC1([Si](C)(C)C2c3ccccc3-c3ccccc32)C=Cc2ccccc21.[Cl-].[Cl-].[Zr+2]. The molecule has 156 valence electrons. The average molecular weight is 541 g/mol.